The molecule has 4 nitrogen and oxygen atoms in total. The van der Waals surface area contributed by atoms with Crippen molar-refractivity contribution in [2.45, 2.75) is 0 Å². The van der Waals surface area contributed by atoms with Gasteiger partial charge in [-0.15, -0.1) is 0 Å². The van der Waals surface area contributed by atoms with E-state index in [-0.39, 0.29) is 5.91 Å². The van der Waals surface area contributed by atoms with Crippen molar-refractivity contribution in [2.75, 3.05) is 5.32 Å². The topological polar surface area (TPSA) is 46.9 Å². The molecular formula is C13H13N3O. The number of hydrogen-bond acceptors (Lipinski definition) is 2. The van der Waals surface area contributed by atoms with E-state index in [9.17, 15) is 4.79 Å². The zero-order valence-corrected chi connectivity index (χ0v) is 9.50. The Labute approximate surface area is 99.6 Å². The van der Waals surface area contributed by atoms with E-state index in [1.807, 2.05) is 43.4 Å². The third-order valence-corrected chi connectivity index (χ3v) is 2.31. The molecule has 0 aliphatic carbocycles. The largest absolute Gasteiger partial charge is 0.323 e. The Hall–Kier alpha value is -2.36. The van der Waals surface area contributed by atoms with Crippen LogP contribution in [0.3, 0.4) is 0 Å². The number of anilines is 1. The van der Waals surface area contributed by atoms with Gasteiger partial charge in [0.05, 0.1) is 5.69 Å². The van der Waals surface area contributed by atoms with Crippen LogP contribution in [0.2, 0.25) is 0 Å². The Morgan fingerprint density at radius 1 is 1.29 bits per heavy atom. The van der Waals surface area contributed by atoms with E-state index in [1.54, 1.807) is 17.0 Å². The minimum Gasteiger partial charge on any atom is -0.323 e. The molecule has 1 heterocycles. The fourth-order valence-electron chi connectivity index (χ4n) is 1.41. The summed E-state index contributed by atoms with van der Waals surface area (Å²) in [6.07, 6.45) is 4.91. The number of aromatic nitrogens is 2. The van der Waals surface area contributed by atoms with Gasteiger partial charge in [0.15, 0.2) is 0 Å². The molecule has 0 bridgehead atoms. The van der Waals surface area contributed by atoms with E-state index in [0.29, 0.717) is 0 Å². The van der Waals surface area contributed by atoms with Gasteiger partial charge in [0.1, 0.15) is 0 Å². The molecule has 1 N–H and O–H groups in total. The average Bonchev–Trinajstić information content (AvgIpc) is 2.74. The maximum atomic E-state index is 11.6. The number of benzene rings is 1. The summed E-state index contributed by atoms with van der Waals surface area (Å²) in [5.41, 5.74) is 1.67. The van der Waals surface area contributed by atoms with Crippen molar-refractivity contribution in [1.29, 1.82) is 0 Å². The lowest BCUT2D eigenvalue weighted by Crippen LogP contribution is -2.07. The summed E-state index contributed by atoms with van der Waals surface area (Å²) in [5, 5.41) is 6.78. The molecule has 2 aromatic rings. The van der Waals surface area contributed by atoms with Crippen LogP contribution in [-0.4, -0.2) is 15.7 Å². The summed E-state index contributed by atoms with van der Waals surface area (Å²) < 4.78 is 1.70. The zero-order valence-electron chi connectivity index (χ0n) is 9.50. The van der Waals surface area contributed by atoms with E-state index < -0.39 is 0 Å². The third-order valence-electron chi connectivity index (χ3n) is 2.31. The van der Waals surface area contributed by atoms with Crippen molar-refractivity contribution in [1.82, 2.24) is 9.78 Å². The normalized spacial score (nSPS) is 10.6. The van der Waals surface area contributed by atoms with Crippen LogP contribution in [0.25, 0.3) is 6.08 Å². The molecule has 1 amide bonds. The van der Waals surface area contributed by atoms with Crippen molar-refractivity contribution < 1.29 is 4.79 Å². The molecule has 0 aliphatic rings. The molecule has 0 unspecified atom stereocenters. The second-order valence-electron chi connectivity index (χ2n) is 3.57. The smallest absolute Gasteiger partial charge is 0.248 e. The van der Waals surface area contributed by atoms with Gasteiger partial charge in [0.25, 0.3) is 0 Å². The second kappa shape index (κ2) is 5.12. The molecule has 4 heteroatoms. The Balaban J connectivity index is 1.99. The van der Waals surface area contributed by atoms with Crippen molar-refractivity contribution in [2.24, 2.45) is 7.05 Å². The molecule has 0 radical (unpaired) electrons. The fourth-order valence-corrected chi connectivity index (χ4v) is 1.41. The number of nitrogens with zero attached hydrogens (tertiary/aromatic N) is 2. The van der Waals surface area contributed by atoms with Gasteiger partial charge in [0.2, 0.25) is 5.91 Å². The summed E-state index contributed by atoms with van der Waals surface area (Å²) in [5.74, 6) is -0.155. The van der Waals surface area contributed by atoms with E-state index in [4.69, 9.17) is 0 Å². The lowest BCUT2D eigenvalue weighted by molar-refractivity contribution is -0.111. The number of amides is 1. The van der Waals surface area contributed by atoms with Crippen LogP contribution in [0.15, 0.2) is 48.7 Å². The first kappa shape index (κ1) is 11.1. The quantitative estimate of drug-likeness (QED) is 0.816. The van der Waals surface area contributed by atoms with Gasteiger partial charge >= 0.3 is 0 Å². The predicted molar refractivity (Wildman–Crippen MR) is 67.3 cm³/mol. The molecular weight excluding hydrogens is 214 g/mol. The summed E-state index contributed by atoms with van der Waals surface area (Å²) in [7, 11) is 1.83. The van der Waals surface area contributed by atoms with Gasteiger partial charge < -0.3 is 5.32 Å². The summed E-state index contributed by atoms with van der Waals surface area (Å²) in [6, 6.07) is 11.2. The summed E-state index contributed by atoms with van der Waals surface area (Å²) >= 11 is 0. The van der Waals surface area contributed by atoms with Crippen LogP contribution < -0.4 is 5.32 Å². The Kier molecular flexibility index (Phi) is 3.35. The molecule has 0 atom stereocenters. The summed E-state index contributed by atoms with van der Waals surface area (Å²) in [4.78, 5) is 11.6. The van der Waals surface area contributed by atoms with Gasteiger partial charge in [-0.1, -0.05) is 18.2 Å². The van der Waals surface area contributed by atoms with Crippen LogP contribution >= 0.6 is 0 Å². The van der Waals surface area contributed by atoms with Crippen molar-refractivity contribution >= 4 is 17.7 Å². The molecule has 2 rings (SSSR count). The number of carbonyl (C=O) groups is 1. The number of hydrogen-bond donors (Lipinski definition) is 1. The van der Waals surface area contributed by atoms with E-state index in [1.165, 1.54) is 6.08 Å². The molecule has 86 valence electrons. The highest BCUT2D eigenvalue weighted by Gasteiger charge is 1.97. The number of aryl methyl sites for hydroxylation is 1. The van der Waals surface area contributed by atoms with Gasteiger partial charge in [-0.05, 0) is 24.3 Å². The van der Waals surface area contributed by atoms with Crippen LogP contribution in [0, 0.1) is 0 Å². The molecule has 0 spiro atoms. The first-order valence-corrected chi connectivity index (χ1v) is 5.28. The number of rotatable bonds is 3. The monoisotopic (exact) mass is 227 g/mol. The highest BCUT2D eigenvalue weighted by atomic mass is 16.1. The first-order chi connectivity index (χ1) is 8.25. The molecule has 0 saturated carbocycles. The zero-order chi connectivity index (χ0) is 12.1. The minimum absolute atomic E-state index is 0.155. The van der Waals surface area contributed by atoms with Crippen LogP contribution in [0.5, 0.6) is 0 Å². The standard InChI is InChI=1S/C13H13N3O/c1-16-12(9-10-14-16)7-8-13(17)15-11-5-3-2-4-6-11/h2-10H,1H3,(H,15,17)/b8-7+. The second-order valence-corrected chi connectivity index (χ2v) is 3.57. The fraction of sp³-hybridized carbons (Fsp3) is 0.0769. The first-order valence-electron chi connectivity index (χ1n) is 5.28. The predicted octanol–water partition coefficient (Wildman–Crippen LogP) is 2.07. The molecule has 0 aliphatic heterocycles. The van der Waals surface area contributed by atoms with E-state index in [2.05, 4.69) is 10.4 Å². The van der Waals surface area contributed by atoms with Gasteiger partial charge in [0, 0.05) is 25.0 Å². The Morgan fingerprint density at radius 2 is 2.06 bits per heavy atom. The maximum Gasteiger partial charge on any atom is 0.248 e. The Morgan fingerprint density at radius 3 is 2.71 bits per heavy atom. The summed E-state index contributed by atoms with van der Waals surface area (Å²) in [6.45, 7) is 0. The number of carbonyl (C=O) groups excluding carboxylic acids is 1. The molecule has 1 aromatic heterocycles. The number of nitrogens with one attached hydrogen (secondary N) is 1. The van der Waals surface area contributed by atoms with Crippen molar-refractivity contribution in [3.05, 3.63) is 54.4 Å². The molecule has 17 heavy (non-hydrogen) atoms. The van der Waals surface area contributed by atoms with E-state index in [0.717, 1.165) is 11.4 Å². The van der Waals surface area contributed by atoms with Crippen LogP contribution in [0.4, 0.5) is 5.69 Å². The molecule has 0 saturated heterocycles. The SMILES string of the molecule is Cn1nccc1/C=C/C(=O)Nc1ccccc1. The highest BCUT2D eigenvalue weighted by Crippen LogP contribution is 2.05. The molecule has 1 aromatic carbocycles. The van der Waals surface area contributed by atoms with Gasteiger partial charge in [-0.25, -0.2) is 0 Å². The van der Waals surface area contributed by atoms with Gasteiger partial charge in [-0.2, -0.15) is 5.10 Å². The minimum atomic E-state index is -0.155. The van der Waals surface area contributed by atoms with Crippen molar-refractivity contribution in [3.63, 3.8) is 0 Å². The lowest BCUT2D eigenvalue weighted by Gasteiger charge is -2.00. The van der Waals surface area contributed by atoms with Crippen LogP contribution in [0.1, 0.15) is 5.69 Å². The maximum absolute atomic E-state index is 11.6. The van der Waals surface area contributed by atoms with E-state index >= 15 is 0 Å². The van der Waals surface area contributed by atoms with Gasteiger partial charge in [-0.3, -0.25) is 9.48 Å². The third kappa shape index (κ3) is 3.04. The number of para-hydroxylation sites is 1. The lowest BCUT2D eigenvalue weighted by atomic mass is 10.3. The molecule has 0 fully saturated rings. The van der Waals surface area contributed by atoms with Crippen molar-refractivity contribution in [3.8, 4) is 0 Å². The van der Waals surface area contributed by atoms with Crippen LogP contribution in [-0.2, 0) is 11.8 Å². The highest BCUT2D eigenvalue weighted by molar-refractivity contribution is 6.01. The average molecular weight is 227 g/mol. The Bertz CT molecular complexity index is 529.